The predicted molar refractivity (Wildman–Crippen MR) is 84.2 cm³/mol. The van der Waals surface area contributed by atoms with Crippen LogP contribution in [0.15, 0.2) is 30.5 Å². The number of aromatic nitrogens is 1. The van der Waals surface area contributed by atoms with Crippen molar-refractivity contribution in [2.24, 2.45) is 5.73 Å². The van der Waals surface area contributed by atoms with Crippen molar-refractivity contribution in [1.82, 2.24) is 15.2 Å². The predicted octanol–water partition coefficient (Wildman–Crippen LogP) is 1.84. The summed E-state index contributed by atoms with van der Waals surface area (Å²) in [5.41, 5.74) is 7.75. The van der Waals surface area contributed by atoms with Crippen molar-refractivity contribution >= 4 is 16.9 Å². The van der Waals surface area contributed by atoms with Gasteiger partial charge < -0.3 is 20.9 Å². The summed E-state index contributed by atoms with van der Waals surface area (Å²) in [5, 5.41) is 4.13. The Hall–Kier alpha value is -2.01. The van der Waals surface area contributed by atoms with Gasteiger partial charge in [0.25, 0.3) is 0 Å². The number of H-pyrrole nitrogens is 1. The first kappa shape index (κ1) is 13.9. The van der Waals surface area contributed by atoms with Crippen LogP contribution in [-0.2, 0) is 6.42 Å². The number of primary amides is 1. The van der Waals surface area contributed by atoms with Crippen LogP contribution in [0, 0.1) is 0 Å². The van der Waals surface area contributed by atoms with Crippen LogP contribution in [0.25, 0.3) is 10.9 Å². The molecule has 0 saturated carbocycles. The molecule has 21 heavy (non-hydrogen) atoms. The molecule has 4 N–H and O–H groups in total. The highest BCUT2D eigenvalue weighted by atomic mass is 16.2. The lowest BCUT2D eigenvalue weighted by molar-refractivity contribution is 0.196. The molecule has 5 heteroatoms. The molecular formula is C16H22N4O. The molecule has 3 rings (SSSR count). The number of nitrogens with zero attached hydrogens (tertiary/aromatic N) is 1. The molecule has 0 bridgehead atoms. The van der Waals surface area contributed by atoms with Crippen LogP contribution in [-0.4, -0.2) is 41.6 Å². The number of carbonyl (C=O) groups is 1. The highest BCUT2D eigenvalue weighted by molar-refractivity contribution is 5.83. The van der Waals surface area contributed by atoms with Crippen molar-refractivity contribution in [3.63, 3.8) is 0 Å². The molecule has 1 saturated heterocycles. The Morgan fingerprint density at radius 3 is 2.86 bits per heavy atom. The lowest BCUT2D eigenvalue weighted by atomic mass is 10.0. The van der Waals surface area contributed by atoms with Crippen molar-refractivity contribution < 1.29 is 4.79 Å². The number of amides is 2. The van der Waals surface area contributed by atoms with Crippen molar-refractivity contribution in [2.75, 3.05) is 19.6 Å². The maximum absolute atomic E-state index is 10.8. The fraction of sp³-hybridized carbons (Fsp3) is 0.438. The number of nitrogens with two attached hydrogens (primary N) is 1. The number of piperidine rings is 1. The van der Waals surface area contributed by atoms with E-state index in [0.29, 0.717) is 0 Å². The molecule has 0 aliphatic carbocycles. The van der Waals surface area contributed by atoms with Gasteiger partial charge in [0.2, 0.25) is 0 Å². The Morgan fingerprint density at radius 2 is 2.10 bits per heavy atom. The molecule has 2 amide bonds. The maximum atomic E-state index is 10.8. The summed E-state index contributed by atoms with van der Waals surface area (Å²) < 4.78 is 0. The molecule has 1 aromatic heterocycles. The zero-order valence-electron chi connectivity index (χ0n) is 12.1. The number of hydrogen-bond donors (Lipinski definition) is 3. The molecule has 0 radical (unpaired) electrons. The van der Waals surface area contributed by atoms with Crippen molar-refractivity contribution in [3.8, 4) is 0 Å². The average Bonchev–Trinajstić information content (AvgIpc) is 2.89. The quantitative estimate of drug-likeness (QED) is 0.802. The van der Waals surface area contributed by atoms with Gasteiger partial charge in [-0.2, -0.15) is 0 Å². The van der Waals surface area contributed by atoms with Crippen LogP contribution in [0.5, 0.6) is 0 Å². The van der Waals surface area contributed by atoms with E-state index in [1.807, 2.05) is 0 Å². The number of fused-ring (bicyclic) bond motifs is 1. The van der Waals surface area contributed by atoms with E-state index in [1.54, 1.807) is 0 Å². The number of rotatable bonds is 4. The number of urea groups is 1. The molecule has 1 aromatic carbocycles. The van der Waals surface area contributed by atoms with E-state index in [0.717, 1.165) is 38.9 Å². The Labute approximate surface area is 124 Å². The van der Waals surface area contributed by atoms with Gasteiger partial charge in [0.15, 0.2) is 0 Å². The van der Waals surface area contributed by atoms with Crippen LogP contribution >= 0.6 is 0 Å². The van der Waals surface area contributed by atoms with Crippen molar-refractivity contribution in [3.05, 3.63) is 36.0 Å². The molecule has 0 unspecified atom stereocenters. The molecule has 2 aromatic rings. The first-order valence-electron chi connectivity index (χ1n) is 7.55. The van der Waals surface area contributed by atoms with Crippen LogP contribution in [0.2, 0.25) is 0 Å². The molecule has 0 spiro atoms. The minimum atomic E-state index is -0.410. The topological polar surface area (TPSA) is 74.2 Å². The number of likely N-dealkylation sites (tertiary alicyclic amines) is 1. The van der Waals surface area contributed by atoms with Gasteiger partial charge in [0.05, 0.1) is 0 Å². The monoisotopic (exact) mass is 286 g/mol. The zero-order valence-corrected chi connectivity index (χ0v) is 12.1. The first-order valence-corrected chi connectivity index (χ1v) is 7.55. The van der Waals surface area contributed by atoms with Crippen LogP contribution in [0.3, 0.4) is 0 Å². The van der Waals surface area contributed by atoms with Gasteiger partial charge in [0, 0.05) is 42.8 Å². The highest BCUT2D eigenvalue weighted by Gasteiger charge is 2.19. The third kappa shape index (κ3) is 3.36. The zero-order chi connectivity index (χ0) is 14.7. The molecule has 2 heterocycles. The molecule has 1 aliphatic rings. The Bertz CT molecular complexity index is 614. The molecule has 0 atom stereocenters. The summed E-state index contributed by atoms with van der Waals surface area (Å²) in [4.78, 5) is 16.6. The second kappa shape index (κ2) is 6.18. The van der Waals surface area contributed by atoms with Crippen LogP contribution < -0.4 is 11.1 Å². The van der Waals surface area contributed by atoms with Gasteiger partial charge in [-0.25, -0.2) is 4.79 Å². The summed E-state index contributed by atoms with van der Waals surface area (Å²) in [6, 6.07) is 8.25. The number of hydrogen-bond acceptors (Lipinski definition) is 2. The summed E-state index contributed by atoms with van der Waals surface area (Å²) in [7, 11) is 0. The van der Waals surface area contributed by atoms with E-state index in [4.69, 9.17) is 5.73 Å². The van der Waals surface area contributed by atoms with E-state index in [1.165, 1.54) is 16.5 Å². The Balaban J connectivity index is 1.51. The molecule has 1 aliphatic heterocycles. The lowest BCUT2D eigenvalue weighted by Gasteiger charge is -2.31. The fourth-order valence-electron chi connectivity index (χ4n) is 3.12. The van der Waals surface area contributed by atoms with Gasteiger partial charge in [-0.1, -0.05) is 18.2 Å². The summed E-state index contributed by atoms with van der Waals surface area (Å²) in [6.07, 6.45) is 5.14. The summed E-state index contributed by atoms with van der Waals surface area (Å²) >= 11 is 0. The van der Waals surface area contributed by atoms with Gasteiger partial charge in [-0.3, -0.25) is 0 Å². The number of carbonyl (C=O) groups excluding carboxylic acids is 1. The summed E-state index contributed by atoms with van der Waals surface area (Å²) in [6.45, 7) is 3.10. The van der Waals surface area contributed by atoms with Crippen molar-refractivity contribution in [1.29, 1.82) is 0 Å². The van der Waals surface area contributed by atoms with Gasteiger partial charge in [-0.05, 0) is 30.9 Å². The number of benzene rings is 1. The number of nitrogens with one attached hydrogen (secondary N) is 2. The van der Waals surface area contributed by atoms with Gasteiger partial charge in [0.1, 0.15) is 0 Å². The van der Waals surface area contributed by atoms with Crippen LogP contribution in [0.1, 0.15) is 18.4 Å². The van der Waals surface area contributed by atoms with Crippen molar-refractivity contribution in [2.45, 2.75) is 25.3 Å². The van der Waals surface area contributed by atoms with E-state index < -0.39 is 6.03 Å². The maximum Gasteiger partial charge on any atom is 0.312 e. The molecule has 5 nitrogen and oxygen atoms in total. The fourth-order valence-corrected chi connectivity index (χ4v) is 3.12. The molecule has 112 valence electrons. The Morgan fingerprint density at radius 1 is 1.33 bits per heavy atom. The highest BCUT2D eigenvalue weighted by Crippen LogP contribution is 2.19. The third-order valence-electron chi connectivity index (χ3n) is 4.31. The van der Waals surface area contributed by atoms with E-state index >= 15 is 0 Å². The Kier molecular flexibility index (Phi) is 4.10. The lowest BCUT2D eigenvalue weighted by Crippen LogP contribution is -2.46. The SMILES string of the molecule is NC(=O)NC1CCN(CCc2c[nH]c3ccccc23)CC1. The third-order valence-corrected chi connectivity index (χ3v) is 4.31. The second-order valence-corrected chi connectivity index (χ2v) is 5.73. The smallest absolute Gasteiger partial charge is 0.312 e. The second-order valence-electron chi connectivity index (χ2n) is 5.73. The molecule has 1 fully saturated rings. The van der Waals surface area contributed by atoms with E-state index in [2.05, 4.69) is 45.7 Å². The van der Waals surface area contributed by atoms with Crippen LogP contribution in [0.4, 0.5) is 4.79 Å². The average molecular weight is 286 g/mol. The normalized spacial score (nSPS) is 17.1. The minimum Gasteiger partial charge on any atom is -0.361 e. The summed E-state index contributed by atoms with van der Waals surface area (Å²) in [5.74, 6) is 0. The van der Waals surface area contributed by atoms with Gasteiger partial charge >= 0.3 is 6.03 Å². The number of aromatic amines is 1. The van der Waals surface area contributed by atoms with E-state index in [-0.39, 0.29) is 6.04 Å². The first-order chi connectivity index (χ1) is 10.2. The largest absolute Gasteiger partial charge is 0.361 e. The molecular weight excluding hydrogens is 264 g/mol. The minimum absolute atomic E-state index is 0.242. The number of para-hydroxylation sites is 1. The van der Waals surface area contributed by atoms with Gasteiger partial charge in [-0.15, -0.1) is 0 Å². The van der Waals surface area contributed by atoms with E-state index in [9.17, 15) is 4.79 Å². The standard InChI is InChI=1S/C16H22N4O/c17-16(21)19-13-6-9-20(10-7-13)8-5-12-11-18-15-4-2-1-3-14(12)15/h1-4,11,13,18H,5-10H2,(H3,17,19,21).